The van der Waals surface area contributed by atoms with Gasteiger partial charge in [0.1, 0.15) is 0 Å². The highest BCUT2D eigenvalue weighted by Crippen LogP contribution is 2.15. The summed E-state index contributed by atoms with van der Waals surface area (Å²) in [5.41, 5.74) is 0.553. The number of hydrogen-bond acceptors (Lipinski definition) is 3. The van der Waals surface area contributed by atoms with Crippen LogP contribution in [-0.2, 0) is 10.0 Å². The fourth-order valence-electron chi connectivity index (χ4n) is 1.15. The van der Waals surface area contributed by atoms with Gasteiger partial charge in [-0.2, -0.15) is 0 Å². The van der Waals surface area contributed by atoms with Gasteiger partial charge in [0.25, 0.3) is 0 Å². The van der Waals surface area contributed by atoms with E-state index in [0.717, 1.165) is 5.56 Å². The third-order valence-electron chi connectivity index (χ3n) is 2.50. The van der Waals surface area contributed by atoms with E-state index in [4.69, 9.17) is 5.11 Å². The van der Waals surface area contributed by atoms with Crippen LogP contribution < -0.4 is 4.72 Å². The van der Waals surface area contributed by atoms with Gasteiger partial charge < -0.3 is 5.11 Å². The summed E-state index contributed by atoms with van der Waals surface area (Å²) in [6.45, 7) is 5.64. The highest BCUT2D eigenvalue weighted by atomic mass is 32.2. The van der Waals surface area contributed by atoms with Crippen LogP contribution in [0.25, 0.3) is 0 Å². The monoisotopic (exact) mass is 257 g/mol. The van der Waals surface area contributed by atoms with Crippen LogP contribution in [-0.4, -0.2) is 26.7 Å². The first-order valence-electron chi connectivity index (χ1n) is 5.44. The summed E-state index contributed by atoms with van der Waals surface area (Å²) in [7, 11) is -3.48. The van der Waals surface area contributed by atoms with Crippen LogP contribution >= 0.6 is 0 Å². The molecule has 17 heavy (non-hydrogen) atoms. The summed E-state index contributed by atoms with van der Waals surface area (Å²) in [5.74, 6) is 0. The Bertz CT molecular complexity index is 463. The number of nitrogens with one attached hydrogen (secondary N) is 1. The van der Waals surface area contributed by atoms with Crippen LogP contribution in [0.5, 0.6) is 0 Å². The van der Waals surface area contributed by atoms with Gasteiger partial charge in [-0.3, -0.25) is 0 Å². The standard InChI is InChI=1S/C12H19NO3S/c1-10-4-6-11(7-5-10)17(15,16)13-8-12(2,3)9-14/h4-7,13-14H,8-9H2,1-3H3. The molecule has 0 amide bonds. The minimum absolute atomic E-state index is 0.0661. The zero-order valence-electron chi connectivity index (χ0n) is 10.4. The number of aliphatic hydroxyl groups is 1. The highest BCUT2D eigenvalue weighted by Gasteiger charge is 2.21. The summed E-state index contributed by atoms with van der Waals surface area (Å²) in [4.78, 5) is 0.247. The van der Waals surface area contributed by atoms with E-state index in [2.05, 4.69) is 4.72 Å². The van der Waals surface area contributed by atoms with Crippen molar-refractivity contribution in [3.05, 3.63) is 29.8 Å². The Labute approximate surface area is 103 Å². The maximum atomic E-state index is 11.9. The molecular formula is C12H19NO3S. The van der Waals surface area contributed by atoms with Crippen molar-refractivity contribution < 1.29 is 13.5 Å². The molecule has 0 aliphatic carbocycles. The molecule has 1 aromatic rings. The first kappa shape index (κ1) is 14.2. The Morgan fingerprint density at radius 1 is 1.24 bits per heavy atom. The number of aliphatic hydroxyl groups excluding tert-OH is 1. The Morgan fingerprint density at radius 2 is 1.76 bits per heavy atom. The Morgan fingerprint density at radius 3 is 2.24 bits per heavy atom. The lowest BCUT2D eigenvalue weighted by Crippen LogP contribution is -2.36. The molecule has 2 N–H and O–H groups in total. The van der Waals surface area contributed by atoms with Gasteiger partial charge in [0.15, 0.2) is 0 Å². The Hall–Kier alpha value is -0.910. The molecule has 0 aliphatic rings. The van der Waals surface area contributed by atoms with Crippen molar-refractivity contribution in [1.82, 2.24) is 4.72 Å². The molecule has 5 heteroatoms. The molecule has 0 spiro atoms. The van der Waals surface area contributed by atoms with Crippen molar-refractivity contribution in [2.45, 2.75) is 25.7 Å². The van der Waals surface area contributed by atoms with Crippen molar-refractivity contribution in [1.29, 1.82) is 0 Å². The van der Waals surface area contributed by atoms with Gasteiger partial charge in [-0.05, 0) is 19.1 Å². The molecule has 0 saturated carbocycles. The minimum Gasteiger partial charge on any atom is -0.396 e. The average Bonchev–Trinajstić information content (AvgIpc) is 2.27. The van der Waals surface area contributed by atoms with Crippen molar-refractivity contribution in [2.75, 3.05) is 13.2 Å². The summed E-state index contributed by atoms with van der Waals surface area (Å²) in [6.07, 6.45) is 0. The van der Waals surface area contributed by atoms with E-state index < -0.39 is 15.4 Å². The summed E-state index contributed by atoms with van der Waals surface area (Å²) in [5, 5.41) is 9.06. The highest BCUT2D eigenvalue weighted by molar-refractivity contribution is 7.89. The largest absolute Gasteiger partial charge is 0.396 e. The second-order valence-electron chi connectivity index (χ2n) is 4.96. The van der Waals surface area contributed by atoms with E-state index in [9.17, 15) is 8.42 Å². The van der Waals surface area contributed by atoms with Crippen LogP contribution in [0.4, 0.5) is 0 Å². The Kier molecular flexibility index (Phi) is 4.30. The van der Waals surface area contributed by atoms with Gasteiger partial charge in [0.2, 0.25) is 10.0 Å². The fourth-order valence-corrected chi connectivity index (χ4v) is 2.39. The number of sulfonamides is 1. The first-order chi connectivity index (χ1) is 7.77. The number of benzene rings is 1. The lowest BCUT2D eigenvalue weighted by molar-refractivity contribution is 0.163. The van der Waals surface area contributed by atoms with Crippen LogP contribution in [0.1, 0.15) is 19.4 Å². The molecule has 0 fully saturated rings. The second kappa shape index (κ2) is 5.16. The van der Waals surface area contributed by atoms with Gasteiger partial charge >= 0.3 is 0 Å². The van der Waals surface area contributed by atoms with E-state index in [-0.39, 0.29) is 18.0 Å². The number of hydrogen-bond donors (Lipinski definition) is 2. The van der Waals surface area contributed by atoms with Crippen molar-refractivity contribution in [3.63, 3.8) is 0 Å². The summed E-state index contributed by atoms with van der Waals surface area (Å²) < 4.78 is 26.3. The molecule has 0 saturated heterocycles. The predicted octanol–water partition coefficient (Wildman–Crippen LogP) is 1.29. The van der Waals surface area contributed by atoms with Crippen molar-refractivity contribution in [3.8, 4) is 0 Å². The molecule has 0 atom stereocenters. The van der Waals surface area contributed by atoms with Gasteiger partial charge in [0, 0.05) is 18.6 Å². The molecule has 0 bridgehead atoms. The van der Waals surface area contributed by atoms with E-state index in [1.807, 2.05) is 6.92 Å². The average molecular weight is 257 g/mol. The molecular weight excluding hydrogens is 238 g/mol. The minimum atomic E-state index is -3.48. The third kappa shape index (κ3) is 4.11. The second-order valence-corrected chi connectivity index (χ2v) is 6.73. The zero-order valence-corrected chi connectivity index (χ0v) is 11.2. The van der Waals surface area contributed by atoms with Crippen LogP contribution in [0.2, 0.25) is 0 Å². The smallest absolute Gasteiger partial charge is 0.240 e. The molecule has 1 rings (SSSR count). The third-order valence-corrected chi connectivity index (χ3v) is 3.92. The van der Waals surface area contributed by atoms with Crippen molar-refractivity contribution >= 4 is 10.0 Å². The van der Waals surface area contributed by atoms with E-state index in [1.165, 1.54) is 0 Å². The van der Waals surface area contributed by atoms with E-state index in [0.29, 0.717) is 0 Å². The number of rotatable bonds is 5. The van der Waals surface area contributed by atoms with Gasteiger partial charge in [-0.1, -0.05) is 31.5 Å². The first-order valence-corrected chi connectivity index (χ1v) is 6.92. The van der Waals surface area contributed by atoms with Gasteiger partial charge in [0.05, 0.1) is 4.90 Å². The molecule has 0 radical (unpaired) electrons. The quantitative estimate of drug-likeness (QED) is 0.835. The lowest BCUT2D eigenvalue weighted by atomic mass is 9.96. The van der Waals surface area contributed by atoms with Crippen molar-refractivity contribution in [2.24, 2.45) is 5.41 Å². The molecule has 0 aliphatic heterocycles. The maximum absolute atomic E-state index is 11.9. The van der Waals surface area contributed by atoms with Crippen LogP contribution in [0, 0.1) is 12.3 Å². The van der Waals surface area contributed by atoms with E-state index >= 15 is 0 Å². The van der Waals surface area contributed by atoms with E-state index in [1.54, 1.807) is 38.1 Å². The zero-order chi connectivity index (χ0) is 13.1. The number of aryl methyl sites for hydroxylation is 1. The fraction of sp³-hybridized carbons (Fsp3) is 0.500. The molecule has 0 heterocycles. The summed E-state index contributed by atoms with van der Waals surface area (Å²) in [6, 6.07) is 6.66. The Balaban J connectivity index is 2.79. The normalized spacial score (nSPS) is 12.7. The summed E-state index contributed by atoms with van der Waals surface area (Å²) >= 11 is 0. The molecule has 0 aromatic heterocycles. The predicted molar refractivity (Wildman–Crippen MR) is 67.2 cm³/mol. The SMILES string of the molecule is Cc1ccc(S(=O)(=O)NCC(C)(C)CO)cc1. The molecule has 1 aromatic carbocycles. The topological polar surface area (TPSA) is 66.4 Å². The lowest BCUT2D eigenvalue weighted by Gasteiger charge is -2.21. The van der Waals surface area contributed by atoms with Gasteiger partial charge in [-0.25, -0.2) is 13.1 Å². The molecule has 0 unspecified atom stereocenters. The maximum Gasteiger partial charge on any atom is 0.240 e. The van der Waals surface area contributed by atoms with Gasteiger partial charge in [-0.15, -0.1) is 0 Å². The molecule has 4 nitrogen and oxygen atoms in total. The van der Waals surface area contributed by atoms with Crippen LogP contribution in [0.15, 0.2) is 29.2 Å². The van der Waals surface area contributed by atoms with Crippen LogP contribution in [0.3, 0.4) is 0 Å². The molecule has 96 valence electrons.